The Morgan fingerprint density at radius 2 is 2.04 bits per heavy atom. The lowest BCUT2D eigenvalue weighted by Crippen LogP contribution is -2.08. The summed E-state index contributed by atoms with van der Waals surface area (Å²) in [6.45, 7) is 4.51. The highest BCUT2D eigenvalue weighted by atomic mass is 32.2. The van der Waals surface area contributed by atoms with Gasteiger partial charge in [0.2, 0.25) is 0 Å². The summed E-state index contributed by atoms with van der Waals surface area (Å²) in [5, 5.41) is 3.94. The number of ether oxygens (including phenoxy) is 1. The van der Waals surface area contributed by atoms with E-state index in [4.69, 9.17) is 4.74 Å². The Labute approximate surface area is 149 Å². The minimum atomic E-state index is -0.208. The molecular weight excluding hydrogens is 340 g/mol. The van der Waals surface area contributed by atoms with Crippen LogP contribution in [0.5, 0.6) is 0 Å². The van der Waals surface area contributed by atoms with Gasteiger partial charge < -0.3 is 4.74 Å². The lowest BCUT2D eigenvalue weighted by molar-refractivity contribution is -0.140. The maximum atomic E-state index is 11.8. The van der Waals surface area contributed by atoms with Gasteiger partial charge in [0.15, 0.2) is 0 Å². The fourth-order valence-electron chi connectivity index (χ4n) is 2.29. The van der Waals surface area contributed by atoms with Crippen LogP contribution in [0.1, 0.15) is 18.9 Å². The Balaban J connectivity index is 1.90. The second kappa shape index (κ2) is 7.77. The quantitative estimate of drug-likeness (QED) is 0.363. The molecule has 0 aliphatic heterocycles. The number of nitrogens with zero attached hydrogens (tertiary/aromatic N) is 2. The van der Waals surface area contributed by atoms with Crippen molar-refractivity contribution in [3.63, 3.8) is 0 Å². The zero-order valence-corrected chi connectivity index (χ0v) is 15.2. The first-order valence-corrected chi connectivity index (χ1v) is 9.63. The Bertz CT molecular complexity index is 844. The molecule has 0 aliphatic rings. The minimum Gasteiger partial charge on any atom is -0.465 e. The number of rotatable bonds is 6. The first-order chi connectivity index (χ1) is 11.7. The van der Waals surface area contributed by atoms with E-state index in [1.54, 1.807) is 17.7 Å². The van der Waals surface area contributed by atoms with E-state index in [2.05, 4.69) is 46.5 Å². The molecule has 0 saturated heterocycles. The number of hydrogen-bond donors (Lipinski definition) is 0. The Morgan fingerprint density at radius 3 is 2.79 bits per heavy atom. The number of benzene rings is 1. The van der Waals surface area contributed by atoms with Gasteiger partial charge >= 0.3 is 5.97 Å². The van der Waals surface area contributed by atoms with Gasteiger partial charge in [-0.1, -0.05) is 48.5 Å². The second-order valence-corrected chi connectivity index (χ2v) is 7.21. The van der Waals surface area contributed by atoms with Crippen LogP contribution in [0.2, 0.25) is 0 Å². The molecule has 2 heterocycles. The highest BCUT2D eigenvalue weighted by Gasteiger charge is 2.15. The summed E-state index contributed by atoms with van der Waals surface area (Å²) in [6.07, 6.45) is 2.38. The molecule has 0 saturated carbocycles. The third kappa shape index (κ3) is 3.76. The summed E-state index contributed by atoms with van der Waals surface area (Å²) < 4.78 is 5.13. The number of hydrogen-bond acceptors (Lipinski definition) is 6. The minimum absolute atomic E-state index is 0.208. The SMILES string of the molecule is CCCOC(=O)CSc1ncnc2scc(-c3ccc(C)cc3)c12. The summed E-state index contributed by atoms with van der Waals surface area (Å²) in [5.41, 5.74) is 3.47. The van der Waals surface area contributed by atoms with Crippen LogP contribution >= 0.6 is 23.1 Å². The highest BCUT2D eigenvalue weighted by Crippen LogP contribution is 2.37. The van der Waals surface area contributed by atoms with Crippen molar-refractivity contribution in [2.45, 2.75) is 25.3 Å². The van der Waals surface area contributed by atoms with Crippen LogP contribution in [0, 0.1) is 6.92 Å². The standard InChI is InChI=1S/C18H18N2O2S2/c1-3-8-22-15(21)10-24-18-16-14(9-23-17(16)19-11-20-18)13-6-4-12(2)5-7-13/h4-7,9,11H,3,8,10H2,1-2H3. The van der Waals surface area contributed by atoms with E-state index < -0.39 is 0 Å². The number of thiophene rings is 1. The first kappa shape index (κ1) is 16.9. The van der Waals surface area contributed by atoms with Crippen LogP contribution in [-0.4, -0.2) is 28.3 Å². The van der Waals surface area contributed by atoms with E-state index in [0.29, 0.717) is 6.61 Å². The van der Waals surface area contributed by atoms with Gasteiger partial charge in [-0.25, -0.2) is 9.97 Å². The van der Waals surface area contributed by atoms with Crippen molar-refractivity contribution < 1.29 is 9.53 Å². The van der Waals surface area contributed by atoms with Crippen molar-refractivity contribution in [3.05, 3.63) is 41.5 Å². The van der Waals surface area contributed by atoms with E-state index in [1.807, 2.05) is 6.92 Å². The zero-order chi connectivity index (χ0) is 16.9. The zero-order valence-electron chi connectivity index (χ0n) is 13.6. The molecule has 0 aliphatic carbocycles. The molecule has 3 aromatic rings. The van der Waals surface area contributed by atoms with Crippen molar-refractivity contribution in [2.75, 3.05) is 12.4 Å². The number of thioether (sulfide) groups is 1. The topological polar surface area (TPSA) is 52.1 Å². The highest BCUT2D eigenvalue weighted by molar-refractivity contribution is 8.00. The Kier molecular flexibility index (Phi) is 5.48. The predicted octanol–water partition coefficient (Wildman–Crippen LogP) is 4.71. The molecular formula is C18H18N2O2S2. The lowest BCUT2D eigenvalue weighted by atomic mass is 10.1. The number of aryl methyl sites for hydroxylation is 1. The van der Waals surface area contributed by atoms with Crippen LogP contribution in [0.25, 0.3) is 21.3 Å². The van der Waals surface area contributed by atoms with E-state index in [-0.39, 0.29) is 11.7 Å². The van der Waals surface area contributed by atoms with Crippen molar-refractivity contribution >= 4 is 39.3 Å². The number of esters is 1. The molecule has 0 bridgehead atoms. The largest absolute Gasteiger partial charge is 0.465 e. The molecule has 4 nitrogen and oxygen atoms in total. The van der Waals surface area contributed by atoms with Crippen LogP contribution < -0.4 is 0 Å². The van der Waals surface area contributed by atoms with Gasteiger partial charge in [0.25, 0.3) is 0 Å². The molecule has 0 spiro atoms. The lowest BCUT2D eigenvalue weighted by Gasteiger charge is -2.06. The molecule has 1 aromatic carbocycles. The average molecular weight is 358 g/mol. The van der Waals surface area contributed by atoms with Crippen molar-refractivity contribution in [1.82, 2.24) is 9.97 Å². The van der Waals surface area contributed by atoms with Crippen molar-refractivity contribution in [1.29, 1.82) is 0 Å². The monoisotopic (exact) mass is 358 g/mol. The number of aromatic nitrogens is 2. The van der Waals surface area contributed by atoms with Crippen LogP contribution in [-0.2, 0) is 9.53 Å². The van der Waals surface area contributed by atoms with Crippen molar-refractivity contribution in [2.24, 2.45) is 0 Å². The molecule has 0 unspecified atom stereocenters. The maximum absolute atomic E-state index is 11.8. The molecule has 124 valence electrons. The summed E-state index contributed by atoms with van der Waals surface area (Å²) >= 11 is 3.00. The molecule has 0 fully saturated rings. The van der Waals surface area contributed by atoms with Crippen LogP contribution in [0.15, 0.2) is 41.0 Å². The van der Waals surface area contributed by atoms with E-state index in [0.717, 1.165) is 32.8 Å². The average Bonchev–Trinajstić information content (AvgIpc) is 3.03. The summed E-state index contributed by atoms with van der Waals surface area (Å²) in [5.74, 6) is 0.0516. The second-order valence-electron chi connectivity index (χ2n) is 5.38. The molecule has 6 heteroatoms. The smallest absolute Gasteiger partial charge is 0.316 e. The molecule has 2 aromatic heterocycles. The van der Waals surface area contributed by atoms with E-state index >= 15 is 0 Å². The van der Waals surface area contributed by atoms with Crippen LogP contribution in [0.3, 0.4) is 0 Å². The van der Waals surface area contributed by atoms with Gasteiger partial charge in [0.05, 0.1) is 17.7 Å². The molecule has 0 atom stereocenters. The third-order valence-electron chi connectivity index (χ3n) is 3.49. The van der Waals surface area contributed by atoms with Gasteiger partial charge in [-0.2, -0.15) is 0 Å². The summed E-state index contributed by atoms with van der Waals surface area (Å²) in [7, 11) is 0. The van der Waals surface area contributed by atoms with Crippen molar-refractivity contribution in [3.8, 4) is 11.1 Å². The normalized spacial score (nSPS) is 10.9. The fraction of sp³-hybridized carbons (Fsp3) is 0.278. The molecule has 24 heavy (non-hydrogen) atoms. The van der Waals surface area contributed by atoms with E-state index in [9.17, 15) is 4.79 Å². The predicted molar refractivity (Wildman–Crippen MR) is 99.6 cm³/mol. The third-order valence-corrected chi connectivity index (χ3v) is 5.34. The number of carbonyl (C=O) groups excluding carboxylic acids is 1. The molecule has 0 radical (unpaired) electrons. The van der Waals surface area contributed by atoms with E-state index in [1.165, 1.54) is 17.3 Å². The Hall–Kier alpha value is -1.92. The molecule has 0 N–H and O–H groups in total. The van der Waals surface area contributed by atoms with Gasteiger partial charge in [0.1, 0.15) is 16.2 Å². The maximum Gasteiger partial charge on any atom is 0.316 e. The number of carbonyl (C=O) groups is 1. The fourth-order valence-corrected chi connectivity index (χ4v) is 4.08. The molecule has 0 amide bonds. The summed E-state index contributed by atoms with van der Waals surface area (Å²) in [4.78, 5) is 21.4. The molecule has 3 rings (SSSR count). The number of fused-ring (bicyclic) bond motifs is 1. The van der Waals surface area contributed by atoms with Gasteiger partial charge in [-0.05, 0) is 18.9 Å². The Morgan fingerprint density at radius 1 is 1.25 bits per heavy atom. The van der Waals surface area contributed by atoms with Gasteiger partial charge in [0, 0.05) is 10.9 Å². The summed E-state index contributed by atoms with van der Waals surface area (Å²) in [6, 6.07) is 8.40. The van der Waals surface area contributed by atoms with Crippen LogP contribution in [0.4, 0.5) is 0 Å². The van der Waals surface area contributed by atoms with Gasteiger partial charge in [-0.15, -0.1) is 11.3 Å². The first-order valence-electron chi connectivity index (χ1n) is 7.76. The van der Waals surface area contributed by atoms with Gasteiger partial charge in [-0.3, -0.25) is 4.79 Å².